The molecule has 0 atom stereocenters. The third-order valence-electron chi connectivity index (χ3n) is 2.69. The van der Waals surface area contributed by atoms with Crippen molar-refractivity contribution >= 4 is 17.6 Å². The molecule has 1 aromatic carbocycles. The summed E-state index contributed by atoms with van der Waals surface area (Å²) in [6.07, 6.45) is 0. The molecular weight excluding hydrogens is 252 g/mol. The van der Waals surface area contributed by atoms with Crippen LogP contribution in [0.3, 0.4) is 0 Å². The molecule has 0 unspecified atom stereocenters. The van der Waals surface area contributed by atoms with Crippen LogP contribution in [-0.4, -0.2) is 21.3 Å². The summed E-state index contributed by atoms with van der Waals surface area (Å²) in [6, 6.07) is 7.15. The van der Waals surface area contributed by atoms with E-state index in [-0.39, 0.29) is 5.69 Å². The number of aromatic nitrogens is 2. The SMILES string of the molecule is CC(C)c1cc(Cl)cc(-c2cc(C(=O)O)[nH]n2)c1. The van der Waals surface area contributed by atoms with Crippen LogP contribution >= 0.6 is 11.6 Å². The Hall–Kier alpha value is -1.81. The molecule has 0 bridgehead atoms. The van der Waals surface area contributed by atoms with Crippen LogP contribution in [0.15, 0.2) is 24.3 Å². The number of nitrogens with zero attached hydrogens (tertiary/aromatic N) is 1. The molecule has 0 aliphatic rings. The van der Waals surface area contributed by atoms with E-state index in [2.05, 4.69) is 24.0 Å². The van der Waals surface area contributed by atoms with Crippen molar-refractivity contribution in [1.29, 1.82) is 0 Å². The second-order valence-electron chi connectivity index (χ2n) is 4.40. The summed E-state index contributed by atoms with van der Waals surface area (Å²) < 4.78 is 0. The maximum Gasteiger partial charge on any atom is 0.353 e. The van der Waals surface area contributed by atoms with Gasteiger partial charge in [-0.3, -0.25) is 5.10 Å². The Labute approximate surface area is 110 Å². The van der Waals surface area contributed by atoms with Crippen LogP contribution in [0.2, 0.25) is 5.02 Å². The highest BCUT2D eigenvalue weighted by molar-refractivity contribution is 6.31. The van der Waals surface area contributed by atoms with Gasteiger partial charge in [-0.1, -0.05) is 25.4 Å². The van der Waals surface area contributed by atoms with Crippen LogP contribution in [0, 0.1) is 0 Å². The Balaban J connectivity index is 2.46. The summed E-state index contributed by atoms with van der Waals surface area (Å²) in [5.74, 6) is -0.680. The fourth-order valence-corrected chi connectivity index (χ4v) is 1.92. The van der Waals surface area contributed by atoms with Gasteiger partial charge in [0.05, 0.1) is 5.69 Å². The molecule has 94 valence electrons. The summed E-state index contributed by atoms with van der Waals surface area (Å²) in [4.78, 5) is 10.8. The molecule has 2 N–H and O–H groups in total. The number of halogens is 1. The summed E-state index contributed by atoms with van der Waals surface area (Å²) >= 11 is 6.06. The van der Waals surface area contributed by atoms with Gasteiger partial charge in [0, 0.05) is 10.6 Å². The molecule has 0 amide bonds. The number of carbonyl (C=O) groups is 1. The van der Waals surface area contributed by atoms with Crippen molar-refractivity contribution < 1.29 is 9.90 Å². The molecule has 0 radical (unpaired) electrons. The van der Waals surface area contributed by atoms with E-state index in [1.54, 1.807) is 6.07 Å². The molecule has 0 saturated carbocycles. The summed E-state index contributed by atoms with van der Waals surface area (Å²) in [6.45, 7) is 4.14. The number of rotatable bonds is 3. The van der Waals surface area contributed by atoms with E-state index in [1.165, 1.54) is 6.07 Å². The van der Waals surface area contributed by atoms with Crippen molar-refractivity contribution in [2.75, 3.05) is 0 Å². The highest BCUT2D eigenvalue weighted by atomic mass is 35.5. The first-order valence-electron chi connectivity index (χ1n) is 5.57. The van der Waals surface area contributed by atoms with Gasteiger partial charge in [0.15, 0.2) is 0 Å². The minimum atomic E-state index is -1.03. The van der Waals surface area contributed by atoms with Crippen molar-refractivity contribution in [2.45, 2.75) is 19.8 Å². The first-order valence-corrected chi connectivity index (χ1v) is 5.94. The van der Waals surface area contributed by atoms with E-state index >= 15 is 0 Å². The minimum absolute atomic E-state index is 0.0658. The van der Waals surface area contributed by atoms with Gasteiger partial charge >= 0.3 is 5.97 Å². The number of carboxylic acid groups (broad SMARTS) is 1. The Bertz CT molecular complexity index is 590. The summed E-state index contributed by atoms with van der Waals surface area (Å²) in [5, 5.41) is 15.9. The van der Waals surface area contributed by atoms with Crippen LogP contribution in [0.4, 0.5) is 0 Å². The lowest BCUT2D eigenvalue weighted by Crippen LogP contribution is -1.95. The van der Waals surface area contributed by atoms with Gasteiger partial charge in [0.1, 0.15) is 5.69 Å². The Morgan fingerprint density at radius 2 is 2.06 bits per heavy atom. The second-order valence-corrected chi connectivity index (χ2v) is 4.84. The van der Waals surface area contributed by atoms with Gasteiger partial charge in [-0.15, -0.1) is 0 Å². The Morgan fingerprint density at radius 1 is 1.33 bits per heavy atom. The van der Waals surface area contributed by atoms with Crippen molar-refractivity contribution in [3.8, 4) is 11.3 Å². The van der Waals surface area contributed by atoms with Crippen molar-refractivity contribution in [3.05, 3.63) is 40.5 Å². The molecule has 0 aliphatic heterocycles. The number of aromatic carboxylic acids is 1. The van der Waals surface area contributed by atoms with Crippen molar-refractivity contribution in [3.63, 3.8) is 0 Å². The molecule has 0 fully saturated rings. The molecule has 2 rings (SSSR count). The number of nitrogens with one attached hydrogen (secondary N) is 1. The van der Waals surface area contributed by atoms with Gasteiger partial charge in [0.25, 0.3) is 0 Å². The molecule has 1 heterocycles. The summed E-state index contributed by atoms with van der Waals surface area (Å²) in [5.41, 5.74) is 2.56. The zero-order valence-corrected chi connectivity index (χ0v) is 10.8. The lowest BCUT2D eigenvalue weighted by atomic mass is 9.99. The van der Waals surface area contributed by atoms with Gasteiger partial charge in [-0.25, -0.2) is 4.79 Å². The predicted molar refractivity (Wildman–Crippen MR) is 70.1 cm³/mol. The maximum absolute atomic E-state index is 10.8. The number of H-pyrrole nitrogens is 1. The van der Waals surface area contributed by atoms with E-state index in [9.17, 15) is 4.79 Å². The predicted octanol–water partition coefficient (Wildman–Crippen LogP) is 3.55. The van der Waals surface area contributed by atoms with Crippen molar-refractivity contribution in [1.82, 2.24) is 10.2 Å². The first kappa shape index (κ1) is 12.6. The lowest BCUT2D eigenvalue weighted by molar-refractivity contribution is 0.0690. The molecule has 2 aromatic rings. The number of hydrogen-bond acceptors (Lipinski definition) is 2. The van der Waals surface area contributed by atoms with Crippen LogP contribution < -0.4 is 0 Å². The van der Waals surface area contributed by atoms with Crippen LogP contribution in [-0.2, 0) is 0 Å². The highest BCUT2D eigenvalue weighted by Crippen LogP contribution is 2.27. The van der Waals surface area contributed by atoms with E-state index in [4.69, 9.17) is 16.7 Å². The number of benzene rings is 1. The summed E-state index contributed by atoms with van der Waals surface area (Å²) in [7, 11) is 0. The van der Waals surface area contributed by atoms with Crippen molar-refractivity contribution in [2.24, 2.45) is 0 Å². The quantitative estimate of drug-likeness (QED) is 0.891. The van der Waals surface area contributed by atoms with E-state index < -0.39 is 5.97 Å². The van der Waals surface area contributed by atoms with Crippen LogP contribution in [0.5, 0.6) is 0 Å². The van der Waals surface area contributed by atoms with Gasteiger partial charge in [-0.05, 0) is 35.7 Å². The fraction of sp³-hybridized carbons (Fsp3) is 0.231. The normalized spacial score (nSPS) is 10.9. The number of hydrogen-bond donors (Lipinski definition) is 2. The Kier molecular flexibility index (Phi) is 3.39. The number of aromatic amines is 1. The van der Waals surface area contributed by atoms with Gasteiger partial charge in [-0.2, -0.15) is 5.10 Å². The van der Waals surface area contributed by atoms with Crippen LogP contribution in [0.25, 0.3) is 11.3 Å². The van der Waals surface area contributed by atoms with Gasteiger partial charge < -0.3 is 5.11 Å². The third-order valence-corrected chi connectivity index (χ3v) is 2.91. The van der Waals surface area contributed by atoms with Crippen LogP contribution in [0.1, 0.15) is 35.8 Å². The van der Waals surface area contributed by atoms with E-state index in [0.29, 0.717) is 16.6 Å². The molecule has 4 nitrogen and oxygen atoms in total. The zero-order chi connectivity index (χ0) is 13.3. The first-order chi connectivity index (χ1) is 8.47. The average molecular weight is 265 g/mol. The molecule has 0 aliphatic carbocycles. The van der Waals surface area contributed by atoms with E-state index in [1.807, 2.05) is 12.1 Å². The largest absolute Gasteiger partial charge is 0.477 e. The average Bonchev–Trinajstić information content (AvgIpc) is 2.77. The third kappa shape index (κ3) is 2.54. The van der Waals surface area contributed by atoms with Gasteiger partial charge in [0.2, 0.25) is 0 Å². The lowest BCUT2D eigenvalue weighted by Gasteiger charge is -2.07. The molecule has 0 spiro atoms. The molecule has 5 heteroatoms. The highest BCUT2D eigenvalue weighted by Gasteiger charge is 2.11. The monoisotopic (exact) mass is 264 g/mol. The molecule has 1 aromatic heterocycles. The topological polar surface area (TPSA) is 66.0 Å². The number of carboxylic acids is 1. The van der Waals surface area contributed by atoms with E-state index in [0.717, 1.165) is 11.1 Å². The molecular formula is C13H13ClN2O2. The molecule has 18 heavy (non-hydrogen) atoms. The second kappa shape index (κ2) is 4.82. The fourth-order valence-electron chi connectivity index (χ4n) is 1.67. The zero-order valence-electron chi connectivity index (χ0n) is 10.1. The molecule has 0 saturated heterocycles. The maximum atomic E-state index is 10.8. The minimum Gasteiger partial charge on any atom is -0.477 e. The Morgan fingerprint density at radius 3 is 2.61 bits per heavy atom. The smallest absolute Gasteiger partial charge is 0.353 e. The standard InChI is InChI=1S/C13H13ClN2O2/c1-7(2)8-3-9(5-10(14)4-8)11-6-12(13(17)18)16-15-11/h3-7H,1-2H3,(H,15,16)(H,17,18).